The van der Waals surface area contributed by atoms with Crippen molar-refractivity contribution in [2.75, 3.05) is 0 Å². The van der Waals surface area contributed by atoms with Crippen molar-refractivity contribution in [3.63, 3.8) is 0 Å². The number of carbonyl (C=O) groups excluding carboxylic acids is 2. The molecule has 0 unspecified atom stereocenters. The molecule has 0 fully saturated rings. The fourth-order valence-electron chi connectivity index (χ4n) is 3.55. The largest absolute Gasteiger partial charge is 0.459 e. The first-order chi connectivity index (χ1) is 16.5. The standard InChI is InChI=1S/C30H26O4/c1-21(2)33-29(31)27-14-12-24(13-15-27)25-16-18-28(19-17-25)34-30(32)26-10-8-23(9-11-26)20-22-6-4-3-5-7-22/h3-19,21H,20H2,1-2H3. The zero-order valence-corrected chi connectivity index (χ0v) is 19.2. The van der Waals surface area contributed by atoms with E-state index in [1.807, 2.05) is 68.4 Å². The quantitative estimate of drug-likeness (QED) is 0.231. The summed E-state index contributed by atoms with van der Waals surface area (Å²) in [5.74, 6) is -0.261. The van der Waals surface area contributed by atoms with Crippen LogP contribution >= 0.6 is 0 Å². The summed E-state index contributed by atoms with van der Waals surface area (Å²) in [4.78, 5) is 24.5. The van der Waals surface area contributed by atoms with Crippen LogP contribution in [-0.4, -0.2) is 18.0 Å². The van der Waals surface area contributed by atoms with Gasteiger partial charge in [-0.05, 0) is 78.9 Å². The number of rotatable bonds is 7. The Bertz CT molecular complexity index is 1240. The summed E-state index contributed by atoms with van der Waals surface area (Å²) < 4.78 is 10.8. The predicted molar refractivity (Wildman–Crippen MR) is 133 cm³/mol. The van der Waals surface area contributed by atoms with Gasteiger partial charge in [-0.25, -0.2) is 9.59 Å². The Morgan fingerprint density at radius 1 is 0.618 bits per heavy atom. The van der Waals surface area contributed by atoms with E-state index in [4.69, 9.17) is 9.47 Å². The van der Waals surface area contributed by atoms with E-state index in [0.29, 0.717) is 16.9 Å². The third-order valence-electron chi connectivity index (χ3n) is 5.30. The molecule has 0 aromatic heterocycles. The Morgan fingerprint density at radius 3 is 1.71 bits per heavy atom. The Labute approximate surface area is 199 Å². The molecule has 0 saturated heterocycles. The van der Waals surface area contributed by atoms with Crippen molar-refractivity contribution in [3.8, 4) is 16.9 Å². The lowest BCUT2D eigenvalue weighted by molar-refractivity contribution is 0.0377. The molecular weight excluding hydrogens is 424 g/mol. The molecule has 34 heavy (non-hydrogen) atoms. The SMILES string of the molecule is CC(C)OC(=O)c1ccc(-c2ccc(OC(=O)c3ccc(Cc4ccccc4)cc3)cc2)cc1. The molecule has 4 aromatic rings. The van der Waals surface area contributed by atoms with Gasteiger partial charge in [-0.15, -0.1) is 0 Å². The molecule has 0 radical (unpaired) electrons. The molecule has 0 N–H and O–H groups in total. The van der Waals surface area contributed by atoms with Gasteiger partial charge >= 0.3 is 11.9 Å². The highest BCUT2D eigenvalue weighted by Gasteiger charge is 2.11. The molecular formula is C30H26O4. The van der Waals surface area contributed by atoms with Gasteiger partial charge in [-0.1, -0.05) is 66.7 Å². The highest BCUT2D eigenvalue weighted by Crippen LogP contribution is 2.24. The van der Waals surface area contributed by atoms with Crippen molar-refractivity contribution in [1.29, 1.82) is 0 Å². The molecule has 0 amide bonds. The van der Waals surface area contributed by atoms with Gasteiger partial charge in [0.1, 0.15) is 5.75 Å². The lowest BCUT2D eigenvalue weighted by atomic mass is 10.0. The van der Waals surface area contributed by atoms with Crippen molar-refractivity contribution in [2.45, 2.75) is 26.4 Å². The summed E-state index contributed by atoms with van der Waals surface area (Å²) in [6, 6.07) is 32.2. The molecule has 0 aliphatic rings. The second kappa shape index (κ2) is 10.6. The number of hydrogen-bond donors (Lipinski definition) is 0. The van der Waals surface area contributed by atoms with Gasteiger partial charge in [0.05, 0.1) is 17.2 Å². The molecule has 4 rings (SSSR count). The normalized spacial score (nSPS) is 10.7. The summed E-state index contributed by atoms with van der Waals surface area (Å²) in [5.41, 5.74) is 5.28. The van der Waals surface area contributed by atoms with Gasteiger partial charge in [0.15, 0.2) is 0 Å². The van der Waals surface area contributed by atoms with E-state index in [2.05, 4.69) is 12.1 Å². The Morgan fingerprint density at radius 2 is 1.12 bits per heavy atom. The summed E-state index contributed by atoms with van der Waals surface area (Å²) in [6.07, 6.45) is 0.659. The topological polar surface area (TPSA) is 52.6 Å². The van der Waals surface area contributed by atoms with Crippen LogP contribution in [-0.2, 0) is 11.2 Å². The van der Waals surface area contributed by atoms with Crippen molar-refractivity contribution in [2.24, 2.45) is 0 Å². The van der Waals surface area contributed by atoms with E-state index in [9.17, 15) is 9.59 Å². The number of esters is 2. The van der Waals surface area contributed by atoms with E-state index in [0.717, 1.165) is 23.1 Å². The van der Waals surface area contributed by atoms with E-state index in [1.165, 1.54) is 5.56 Å². The van der Waals surface area contributed by atoms with Crippen LogP contribution in [0.5, 0.6) is 5.75 Å². The van der Waals surface area contributed by atoms with Crippen LogP contribution in [0.25, 0.3) is 11.1 Å². The zero-order valence-electron chi connectivity index (χ0n) is 19.2. The molecule has 0 spiro atoms. The van der Waals surface area contributed by atoms with Crippen LogP contribution in [0.3, 0.4) is 0 Å². The first-order valence-electron chi connectivity index (χ1n) is 11.2. The molecule has 4 aromatic carbocycles. The minimum atomic E-state index is -0.396. The molecule has 170 valence electrons. The first-order valence-corrected chi connectivity index (χ1v) is 11.2. The number of hydrogen-bond acceptors (Lipinski definition) is 4. The Kier molecular flexibility index (Phi) is 7.19. The molecule has 4 nitrogen and oxygen atoms in total. The van der Waals surface area contributed by atoms with Crippen LogP contribution in [0, 0.1) is 0 Å². The number of carbonyl (C=O) groups is 2. The minimum Gasteiger partial charge on any atom is -0.459 e. The van der Waals surface area contributed by atoms with Crippen LogP contribution in [0.1, 0.15) is 45.7 Å². The maximum atomic E-state index is 12.6. The van der Waals surface area contributed by atoms with E-state index < -0.39 is 5.97 Å². The van der Waals surface area contributed by atoms with Crippen LogP contribution < -0.4 is 4.74 Å². The smallest absolute Gasteiger partial charge is 0.343 e. The van der Waals surface area contributed by atoms with Gasteiger partial charge in [0, 0.05) is 0 Å². The van der Waals surface area contributed by atoms with Gasteiger partial charge in [-0.3, -0.25) is 0 Å². The van der Waals surface area contributed by atoms with Gasteiger partial charge in [-0.2, -0.15) is 0 Å². The monoisotopic (exact) mass is 450 g/mol. The molecule has 4 heteroatoms. The third-order valence-corrected chi connectivity index (χ3v) is 5.30. The maximum Gasteiger partial charge on any atom is 0.343 e. The summed E-state index contributed by atoms with van der Waals surface area (Å²) in [5, 5.41) is 0. The number of ether oxygens (including phenoxy) is 2. The van der Waals surface area contributed by atoms with Gasteiger partial charge in [0.25, 0.3) is 0 Å². The summed E-state index contributed by atoms with van der Waals surface area (Å²) in [6.45, 7) is 3.64. The van der Waals surface area contributed by atoms with E-state index in [-0.39, 0.29) is 12.1 Å². The third kappa shape index (κ3) is 5.99. The molecule has 0 aliphatic heterocycles. The summed E-state index contributed by atoms with van der Waals surface area (Å²) in [7, 11) is 0. The first kappa shape index (κ1) is 23.0. The van der Waals surface area contributed by atoms with Crippen molar-refractivity contribution >= 4 is 11.9 Å². The van der Waals surface area contributed by atoms with Gasteiger partial charge < -0.3 is 9.47 Å². The lowest BCUT2D eigenvalue weighted by Gasteiger charge is -2.09. The molecule has 0 bridgehead atoms. The average Bonchev–Trinajstić information content (AvgIpc) is 2.85. The highest BCUT2D eigenvalue weighted by molar-refractivity contribution is 5.91. The molecule has 0 aliphatic carbocycles. The Hall–Kier alpha value is -4.18. The van der Waals surface area contributed by atoms with Crippen molar-refractivity contribution in [3.05, 3.63) is 125 Å². The second-order valence-corrected chi connectivity index (χ2v) is 8.30. The maximum absolute atomic E-state index is 12.6. The lowest BCUT2D eigenvalue weighted by Crippen LogP contribution is -2.11. The molecule has 0 atom stereocenters. The summed E-state index contributed by atoms with van der Waals surface area (Å²) >= 11 is 0. The molecule has 0 saturated carbocycles. The van der Waals surface area contributed by atoms with E-state index >= 15 is 0 Å². The highest BCUT2D eigenvalue weighted by atomic mass is 16.5. The minimum absolute atomic E-state index is 0.158. The second-order valence-electron chi connectivity index (χ2n) is 8.30. The number of benzene rings is 4. The van der Waals surface area contributed by atoms with Crippen LogP contribution in [0.15, 0.2) is 103 Å². The van der Waals surface area contributed by atoms with Crippen LogP contribution in [0.2, 0.25) is 0 Å². The van der Waals surface area contributed by atoms with Crippen LogP contribution in [0.4, 0.5) is 0 Å². The van der Waals surface area contributed by atoms with E-state index in [1.54, 1.807) is 36.4 Å². The average molecular weight is 451 g/mol. The predicted octanol–water partition coefficient (Wildman–Crippen LogP) is 6.73. The van der Waals surface area contributed by atoms with Crippen molar-refractivity contribution in [1.82, 2.24) is 0 Å². The molecule has 0 heterocycles. The zero-order chi connectivity index (χ0) is 23.9. The Balaban J connectivity index is 1.37. The van der Waals surface area contributed by atoms with Gasteiger partial charge in [0.2, 0.25) is 0 Å². The van der Waals surface area contributed by atoms with Crippen molar-refractivity contribution < 1.29 is 19.1 Å². The fourth-order valence-corrected chi connectivity index (χ4v) is 3.55. The fraction of sp³-hybridized carbons (Fsp3) is 0.133.